The van der Waals surface area contributed by atoms with Gasteiger partial charge in [0.15, 0.2) is 0 Å². The molecule has 0 aliphatic heterocycles. The second-order valence-electron chi connectivity index (χ2n) is 8.24. The van der Waals surface area contributed by atoms with Crippen LogP contribution in [0.15, 0.2) is 0 Å². The number of ether oxygens (including phenoxy) is 1. The van der Waals surface area contributed by atoms with Gasteiger partial charge in [-0.15, -0.1) is 0 Å². The Bertz CT molecular complexity index is 368. The highest BCUT2D eigenvalue weighted by atomic mass is 16.5. The Balaban J connectivity index is 3.99. The van der Waals surface area contributed by atoms with E-state index in [0.29, 0.717) is 31.8 Å². The van der Waals surface area contributed by atoms with Gasteiger partial charge < -0.3 is 14.6 Å². The molecule has 0 radical (unpaired) electrons. The van der Waals surface area contributed by atoms with Gasteiger partial charge in [0, 0.05) is 12.4 Å². The molecule has 0 heterocycles. The highest BCUT2D eigenvalue weighted by Crippen LogP contribution is 2.20. The molecule has 0 bridgehead atoms. The molecule has 166 valence electrons. The van der Waals surface area contributed by atoms with E-state index in [1.807, 2.05) is 0 Å². The van der Waals surface area contributed by atoms with E-state index in [1.54, 1.807) is 0 Å². The molecule has 0 N–H and O–H groups in total. The number of carboxylic acids is 1. The van der Waals surface area contributed by atoms with Crippen molar-refractivity contribution in [2.24, 2.45) is 5.92 Å². The molecule has 0 aliphatic rings. The number of hydrogen-bond donors (Lipinski definition) is 0. The van der Waals surface area contributed by atoms with Gasteiger partial charge >= 0.3 is 5.97 Å². The first-order valence-electron chi connectivity index (χ1n) is 12.0. The van der Waals surface area contributed by atoms with Crippen molar-refractivity contribution in [3.8, 4) is 0 Å². The predicted molar refractivity (Wildman–Crippen MR) is 114 cm³/mol. The Hall–Kier alpha value is -1.06. The third kappa shape index (κ3) is 19.7. The number of aliphatic carboxylic acids is 1. The highest BCUT2D eigenvalue weighted by Gasteiger charge is 2.12. The zero-order valence-electron chi connectivity index (χ0n) is 18.6. The fourth-order valence-electron chi connectivity index (χ4n) is 3.56. The average Bonchev–Trinajstić information content (AvgIpc) is 2.67. The third-order valence-corrected chi connectivity index (χ3v) is 5.42. The normalized spacial score (nSPS) is 12.1. The van der Waals surface area contributed by atoms with Crippen molar-refractivity contribution in [1.29, 1.82) is 0 Å². The van der Waals surface area contributed by atoms with Gasteiger partial charge in [-0.05, 0) is 38.0 Å². The van der Waals surface area contributed by atoms with E-state index < -0.39 is 5.97 Å². The first kappa shape index (κ1) is 26.9. The molecule has 1 unspecified atom stereocenters. The number of hydrogen-bond acceptors (Lipinski definition) is 4. The van der Waals surface area contributed by atoms with Gasteiger partial charge in [0.1, 0.15) is 0 Å². The Labute approximate surface area is 173 Å². The molecule has 4 heteroatoms. The molecule has 0 spiro atoms. The summed E-state index contributed by atoms with van der Waals surface area (Å²) in [5, 5.41) is 10.4. The summed E-state index contributed by atoms with van der Waals surface area (Å²) in [6, 6.07) is 0. The summed E-state index contributed by atoms with van der Waals surface area (Å²) in [5.74, 6) is -0.760. The van der Waals surface area contributed by atoms with Crippen LogP contribution in [0.25, 0.3) is 0 Å². The summed E-state index contributed by atoms with van der Waals surface area (Å²) in [6.07, 6.45) is 19.2. The Morgan fingerprint density at radius 2 is 1.14 bits per heavy atom. The van der Waals surface area contributed by atoms with Crippen molar-refractivity contribution in [2.45, 2.75) is 129 Å². The van der Waals surface area contributed by atoms with E-state index in [4.69, 9.17) is 4.74 Å². The Kier molecular flexibility index (Phi) is 19.9. The topological polar surface area (TPSA) is 66.4 Å². The van der Waals surface area contributed by atoms with E-state index in [2.05, 4.69) is 13.8 Å². The molecule has 0 saturated heterocycles. The summed E-state index contributed by atoms with van der Waals surface area (Å²) in [6.45, 7) is 5.01. The second kappa shape index (κ2) is 20.7. The summed E-state index contributed by atoms with van der Waals surface area (Å²) in [4.78, 5) is 22.3. The summed E-state index contributed by atoms with van der Waals surface area (Å²) in [5.41, 5.74) is 0. The minimum absolute atomic E-state index is 0.0198. The molecule has 0 rings (SSSR count). The molecular weight excluding hydrogens is 352 g/mol. The zero-order chi connectivity index (χ0) is 20.9. The fourth-order valence-corrected chi connectivity index (χ4v) is 3.56. The van der Waals surface area contributed by atoms with E-state index >= 15 is 0 Å². The van der Waals surface area contributed by atoms with Crippen molar-refractivity contribution in [3.63, 3.8) is 0 Å². The van der Waals surface area contributed by atoms with Crippen LogP contribution in [0.1, 0.15) is 129 Å². The van der Waals surface area contributed by atoms with Crippen LogP contribution in [-0.2, 0) is 14.3 Å². The smallest absolute Gasteiger partial charge is 0.305 e. The van der Waals surface area contributed by atoms with Crippen molar-refractivity contribution in [1.82, 2.24) is 0 Å². The molecule has 0 aromatic heterocycles. The van der Waals surface area contributed by atoms with Crippen LogP contribution in [0.3, 0.4) is 0 Å². The minimum Gasteiger partial charge on any atom is -0.550 e. The number of unbranched alkanes of at least 4 members (excludes halogenated alkanes) is 11. The van der Waals surface area contributed by atoms with Crippen molar-refractivity contribution >= 4 is 11.9 Å². The largest absolute Gasteiger partial charge is 0.550 e. The van der Waals surface area contributed by atoms with Crippen molar-refractivity contribution < 1.29 is 19.4 Å². The lowest BCUT2D eigenvalue weighted by molar-refractivity contribution is -0.305. The first-order valence-corrected chi connectivity index (χ1v) is 12.0. The van der Waals surface area contributed by atoms with Crippen LogP contribution in [0.4, 0.5) is 0 Å². The molecule has 28 heavy (non-hydrogen) atoms. The highest BCUT2D eigenvalue weighted by molar-refractivity contribution is 5.69. The second-order valence-corrected chi connectivity index (χ2v) is 8.24. The first-order chi connectivity index (χ1) is 13.6. The maximum absolute atomic E-state index is 11.9. The van der Waals surface area contributed by atoms with Gasteiger partial charge in [-0.25, -0.2) is 0 Å². The lowest BCUT2D eigenvalue weighted by Gasteiger charge is -2.17. The van der Waals surface area contributed by atoms with Gasteiger partial charge in [-0.1, -0.05) is 90.9 Å². The number of carbonyl (C=O) groups excluding carboxylic acids is 2. The number of carboxylic acid groups (broad SMARTS) is 1. The van der Waals surface area contributed by atoms with Crippen molar-refractivity contribution in [2.75, 3.05) is 6.61 Å². The molecule has 1 atom stereocenters. The predicted octanol–water partition coefficient (Wildman–Crippen LogP) is 5.96. The van der Waals surface area contributed by atoms with Crippen LogP contribution >= 0.6 is 0 Å². The Morgan fingerprint density at radius 1 is 0.679 bits per heavy atom. The number of esters is 1. The molecule has 0 amide bonds. The summed E-state index contributed by atoms with van der Waals surface area (Å²) < 4.78 is 5.50. The van der Waals surface area contributed by atoms with E-state index in [-0.39, 0.29) is 12.4 Å². The average molecular weight is 398 g/mol. The zero-order valence-corrected chi connectivity index (χ0v) is 18.6. The van der Waals surface area contributed by atoms with Gasteiger partial charge in [-0.2, -0.15) is 0 Å². The SMILES string of the molecule is CCCCCCCCCC(CCCCCCC)COC(=O)CCCCC(=O)[O-]. The summed E-state index contributed by atoms with van der Waals surface area (Å²) in [7, 11) is 0. The maximum Gasteiger partial charge on any atom is 0.305 e. The van der Waals surface area contributed by atoms with E-state index in [0.717, 1.165) is 12.8 Å². The van der Waals surface area contributed by atoms with Crippen LogP contribution in [-0.4, -0.2) is 18.5 Å². The van der Waals surface area contributed by atoms with E-state index in [1.165, 1.54) is 77.0 Å². The van der Waals surface area contributed by atoms with Crippen LogP contribution < -0.4 is 5.11 Å². The molecule has 0 aliphatic carbocycles. The van der Waals surface area contributed by atoms with Gasteiger partial charge in [-0.3, -0.25) is 4.79 Å². The van der Waals surface area contributed by atoms with Crippen LogP contribution in [0.2, 0.25) is 0 Å². The molecule has 0 fully saturated rings. The lowest BCUT2D eigenvalue weighted by atomic mass is 9.95. The number of rotatable bonds is 21. The van der Waals surface area contributed by atoms with Crippen LogP contribution in [0.5, 0.6) is 0 Å². The van der Waals surface area contributed by atoms with E-state index in [9.17, 15) is 14.7 Å². The molecular formula is C24H45O4-. The van der Waals surface area contributed by atoms with Gasteiger partial charge in [0.25, 0.3) is 0 Å². The molecule has 0 saturated carbocycles. The third-order valence-electron chi connectivity index (χ3n) is 5.42. The molecule has 0 aromatic carbocycles. The fraction of sp³-hybridized carbons (Fsp3) is 0.917. The van der Waals surface area contributed by atoms with Gasteiger partial charge in [0.2, 0.25) is 0 Å². The lowest BCUT2D eigenvalue weighted by Crippen LogP contribution is -2.21. The Morgan fingerprint density at radius 3 is 1.64 bits per heavy atom. The standard InChI is InChI=1S/C24H46O4/c1-3-5-7-9-10-12-14-18-22(17-13-11-8-6-4-2)21-28-24(27)20-16-15-19-23(25)26/h22H,3-21H2,1-2H3,(H,25,26)/p-1. The minimum atomic E-state index is -1.05. The van der Waals surface area contributed by atoms with Gasteiger partial charge in [0.05, 0.1) is 6.61 Å². The number of carbonyl (C=O) groups is 2. The monoisotopic (exact) mass is 397 g/mol. The molecule has 0 aromatic rings. The molecule has 4 nitrogen and oxygen atoms in total. The van der Waals surface area contributed by atoms with Crippen molar-refractivity contribution in [3.05, 3.63) is 0 Å². The maximum atomic E-state index is 11.9. The van der Waals surface area contributed by atoms with Crippen LogP contribution in [0, 0.1) is 5.92 Å². The summed E-state index contributed by atoms with van der Waals surface area (Å²) >= 11 is 0. The quantitative estimate of drug-likeness (QED) is 0.177.